The van der Waals surface area contributed by atoms with Gasteiger partial charge in [-0.15, -0.1) is 0 Å². The molecule has 1 saturated carbocycles. The number of hydrogen-bond donors (Lipinski definition) is 1. The molecule has 3 unspecified atom stereocenters. The second-order valence-corrected chi connectivity index (χ2v) is 5.82. The van der Waals surface area contributed by atoms with Crippen molar-refractivity contribution in [2.24, 2.45) is 11.8 Å². The molecular formula is C15H22N2O3. The third kappa shape index (κ3) is 3.40. The van der Waals surface area contributed by atoms with E-state index in [1.165, 1.54) is 26.0 Å². The molecule has 1 N–H and O–H groups in total. The molecule has 1 aromatic carbocycles. The van der Waals surface area contributed by atoms with E-state index in [-0.39, 0.29) is 10.6 Å². The van der Waals surface area contributed by atoms with Crippen LogP contribution in [0, 0.1) is 22.0 Å². The van der Waals surface area contributed by atoms with Gasteiger partial charge < -0.3 is 10.1 Å². The average Bonchev–Trinajstić information content (AvgIpc) is 2.41. The Balaban J connectivity index is 2.16. The van der Waals surface area contributed by atoms with Gasteiger partial charge in [-0.05, 0) is 31.1 Å². The minimum absolute atomic E-state index is 0.0590. The summed E-state index contributed by atoms with van der Waals surface area (Å²) in [4.78, 5) is 10.6. The van der Waals surface area contributed by atoms with Crippen molar-refractivity contribution in [3.63, 3.8) is 0 Å². The van der Waals surface area contributed by atoms with Crippen LogP contribution in [0.5, 0.6) is 5.75 Å². The van der Waals surface area contributed by atoms with E-state index >= 15 is 0 Å². The lowest BCUT2D eigenvalue weighted by molar-refractivity contribution is -0.384. The van der Waals surface area contributed by atoms with Gasteiger partial charge in [-0.3, -0.25) is 10.1 Å². The fraction of sp³-hybridized carbons (Fsp3) is 0.600. The summed E-state index contributed by atoms with van der Waals surface area (Å²) < 4.78 is 5.13. The molecule has 0 spiro atoms. The van der Waals surface area contributed by atoms with Crippen molar-refractivity contribution < 1.29 is 9.66 Å². The highest BCUT2D eigenvalue weighted by molar-refractivity contribution is 5.56. The number of nitrogens with zero attached hydrogens (tertiary/aromatic N) is 1. The Morgan fingerprint density at radius 1 is 1.30 bits per heavy atom. The van der Waals surface area contributed by atoms with Crippen molar-refractivity contribution in [2.75, 3.05) is 12.4 Å². The molecule has 0 aromatic heterocycles. The van der Waals surface area contributed by atoms with Gasteiger partial charge in [0.1, 0.15) is 5.75 Å². The maximum absolute atomic E-state index is 10.9. The summed E-state index contributed by atoms with van der Waals surface area (Å²) in [5.41, 5.74) is 0.825. The zero-order valence-electron chi connectivity index (χ0n) is 12.3. The summed E-state index contributed by atoms with van der Waals surface area (Å²) in [7, 11) is 1.52. The van der Waals surface area contributed by atoms with Crippen molar-refractivity contribution in [2.45, 2.75) is 39.2 Å². The van der Waals surface area contributed by atoms with E-state index in [0.29, 0.717) is 17.7 Å². The van der Waals surface area contributed by atoms with Gasteiger partial charge in [-0.25, -0.2) is 0 Å². The normalized spacial score (nSPS) is 26.1. The fourth-order valence-electron chi connectivity index (χ4n) is 2.98. The maximum atomic E-state index is 10.9. The third-order valence-corrected chi connectivity index (χ3v) is 4.12. The van der Waals surface area contributed by atoms with Crippen LogP contribution in [0.15, 0.2) is 18.2 Å². The van der Waals surface area contributed by atoms with Crippen LogP contribution in [0.4, 0.5) is 11.4 Å². The monoisotopic (exact) mass is 278 g/mol. The first kappa shape index (κ1) is 14.6. The van der Waals surface area contributed by atoms with Crippen molar-refractivity contribution >= 4 is 11.4 Å². The van der Waals surface area contributed by atoms with Gasteiger partial charge >= 0.3 is 0 Å². The molecule has 1 fully saturated rings. The lowest BCUT2D eigenvalue weighted by Gasteiger charge is -2.33. The SMILES string of the molecule is COc1cc(NC2CCC(C)CC2C)cc([N+](=O)[O-])c1. The molecule has 3 atom stereocenters. The Labute approximate surface area is 119 Å². The number of rotatable bonds is 4. The lowest BCUT2D eigenvalue weighted by Crippen LogP contribution is -2.33. The van der Waals surface area contributed by atoms with Crippen LogP contribution in [-0.4, -0.2) is 18.1 Å². The van der Waals surface area contributed by atoms with E-state index in [9.17, 15) is 10.1 Å². The predicted molar refractivity (Wildman–Crippen MR) is 79.2 cm³/mol. The molecule has 110 valence electrons. The predicted octanol–water partition coefficient (Wildman–Crippen LogP) is 3.84. The molecule has 5 nitrogen and oxygen atoms in total. The quantitative estimate of drug-likeness (QED) is 0.671. The van der Waals surface area contributed by atoms with E-state index in [4.69, 9.17) is 4.74 Å². The smallest absolute Gasteiger partial charge is 0.275 e. The Kier molecular flexibility index (Phi) is 4.47. The van der Waals surface area contributed by atoms with Crippen LogP contribution in [0.3, 0.4) is 0 Å². The van der Waals surface area contributed by atoms with Gasteiger partial charge in [0.05, 0.1) is 18.1 Å². The summed E-state index contributed by atoms with van der Waals surface area (Å²) in [6.07, 6.45) is 3.51. The number of nitro groups is 1. The molecule has 0 heterocycles. The van der Waals surface area contributed by atoms with Gasteiger partial charge in [0.2, 0.25) is 0 Å². The zero-order chi connectivity index (χ0) is 14.7. The maximum Gasteiger partial charge on any atom is 0.275 e. The number of anilines is 1. The summed E-state index contributed by atoms with van der Waals surface area (Å²) in [6.45, 7) is 4.52. The van der Waals surface area contributed by atoms with Crippen LogP contribution in [0.2, 0.25) is 0 Å². The lowest BCUT2D eigenvalue weighted by atomic mass is 9.80. The number of methoxy groups -OCH3 is 1. The first-order valence-corrected chi connectivity index (χ1v) is 7.09. The van der Waals surface area contributed by atoms with Gasteiger partial charge in [0, 0.05) is 23.9 Å². The number of non-ortho nitro benzene ring substituents is 1. The largest absolute Gasteiger partial charge is 0.496 e. The minimum atomic E-state index is -0.389. The molecule has 1 aliphatic carbocycles. The van der Waals surface area contributed by atoms with Gasteiger partial charge in [-0.2, -0.15) is 0 Å². The second-order valence-electron chi connectivity index (χ2n) is 5.82. The molecule has 0 amide bonds. The van der Waals surface area contributed by atoms with E-state index in [2.05, 4.69) is 19.2 Å². The average molecular weight is 278 g/mol. The first-order chi connectivity index (χ1) is 9.49. The van der Waals surface area contributed by atoms with Crippen LogP contribution in [0.25, 0.3) is 0 Å². The molecule has 1 aromatic rings. The van der Waals surface area contributed by atoms with E-state index in [1.54, 1.807) is 6.07 Å². The minimum Gasteiger partial charge on any atom is -0.496 e. The van der Waals surface area contributed by atoms with Crippen molar-refractivity contribution in [3.05, 3.63) is 28.3 Å². The highest BCUT2D eigenvalue weighted by Crippen LogP contribution is 2.32. The van der Waals surface area contributed by atoms with Crippen LogP contribution in [0.1, 0.15) is 33.1 Å². The van der Waals surface area contributed by atoms with Crippen LogP contribution < -0.4 is 10.1 Å². The van der Waals surface area contributed by atoms with Gasteiger partial charge in [-0.1, -0.05) is 13.8 Å². The van der Waals surface area contributed by atoms with E-state index < -0.39 is 0 Å². The molecule has 2 rings (SSSR count). The number of nitro benzene ring substituents is 1. The van der Waals surface area contributed by atoms with Gasteiger partial charge in [0.25, 0.3) is 5.69 Å². The molecule has 0 bridgehead atoms. The fourth-order valence-corrected chi connectivity index (χ4v) is 2.98. The summed E-state index contributed by atoms with van der Waals surface area (Å²) in [5, 5.41) is 14.4. The summed E-state index contributed by atoms with van der Waals surface area (Å²) in [5.74, 6) is 1.85. The standard InChI is InChI=1S/C15H22N2O3/c1-10-4-5-15(11(2)6-10)16-12-7-13(17(18)19)9-14(8-12)20-3/h7-11,15-16H,4-6H2,1-3H3. The molecule has 0 radical (unpaired) electrons. The van der Waals surface area contributed by atoms with Gasteiger partial charge in [0.15, 0.2) is 0 Å². The number of hydrogen-bond acceptors (Lipinski definition) is 4. The van der Waals surface area contributed by atoms with Crippen molar-refractivity contribution in [3.8, 4) is 5.75 Å². The second kappa shape index (κ2) is 6.11. The third-order valence-electron chi connectivity index (χ3n) is 4.12. The molecule has 20 heavy (non-hydrogen) atoms. The molecule has 1 aliphatic rings. The summed E-state index contributed by atoms with van der Waals surface area (Å²) in [6, 6.07) is 5.21. The zero-order valence-corrected chi connectivity index (χ0v) is 12.3. The Bertz CT molecular complexity index is 490. The topological polar surface area (TPSA) is 64.4 Å². The number of nitrogens with one attached hydrogen (secondary N) is 1. The number of benzene rings is 1. The Morgan fingerprint density at radius 3 is 2.65 bits per heavy atom. The molecule has 5 heteroatoms. The molecule has 0 aliphatic heterocycles. The van der Waals surface area contributed by atoms with E-state index in [0.717, 1.165) is 18.0 Å². The van der Waals surface area contributed by atoms with Crippen LogP contribution in [-0.2, 0) is 0 Å². The number of ether oxygens (including phenoxy) is 1. The Morgan fingerprint density at radius 2 is 2.05 bits per heavy atom. The molecule has 0 saturated heterocycles. The summed E-state index contributed by atoms with van der Waals surface area (Å²) >= 11 is 0. The highest BCUT2D eigenvalue weighted by Gasteiger charge is 2.25. The highest BCUT2D eigenvalue weighted by atomic mass is 16.6. The van der Waals surface area contributed by atoms with E-state index in [1.807, 2.05) is 6.07 Å². The molecular weight excluding hydrogens is 256 g/mol. The van der Waals surface area contributed by atoms with Crippen molar-refractivity contribution in [1.29, 1.82) is 0 Å². The van der Waals surface area contributed by atoms with Crippen LogP contribution >= 0.6 is 0 Å². The Hall–Kier alpha value is -1.78. The van der Waals surface area contributed by atoms with Crippen molar-refractivity contribution in [1.82, 2.24) is 0 Å². The first-order valence-electron chi connectivity index (χ1n) is 7.09.